The van der Waals surface area contributed by atoms with E-state index >= 15 is 0 Å². The van der Waals surface area contributed by atoms with Gasteiger partial charge in [0.15, 0.2) is 14.0 Å². The maximum atomic E-state index is 13.8. The highest BCUT2D eigenvalue weighted by Crippen LogP contribution is 2.38. The van der Waals surface area contributed by atoms with Gasteiger partial charge in [0.05, 0.1) is 12.6 Å². The summed E-state index contributed by atoms with van der Waals surface area (Å²) >= 11 is 6.39. The molecule has 8 nitrogen and oxygen atoms in total. The van der Waals surface area contributed by atoms with E-state index in [0.717, 1.165) is 39.0 Å². The van der Waals surface area contributed by atoms with Gasteiger partial charge in [-0.05, 0) is 86.4 Å². The molecule has 2 unspecified atom stereocenters. The molecule has 2 atom stereocenters. The van der Waals surface area contributed by atoms with Crippen LogP contribution in [0.5, 0.6) is 0 Å². The second kappa shape index (κ2) is 13.0. The zero-order valence-electron chi connectivity index (χ0n) is 27.3. The minimum atomic E-state index is -2.08. The van der Waals surface area contributed by atoms with Crippen LogP contribution >= 0.6 is 11.6 Å². The smallest absolute Gasteiger partial charge is 0.251 e. The van der Waals surface area contributed by atoms with Crippen molar-refractivity contribution >= 4 is 31.0 Å². The molecule has 0 aliphatic carbocycles. The Morgan fingerprint density at radius 2 is 1.78 bits per heavy atom. The number of hydrogen-bond acceptors (Lipinski definition) is 6. The van der Waals surface area contributed by atoms with Gasteiger partial charge in [-0.1, -0.05) is 44.5 Å². The Morgan fingerprint density at radius 3 is 2.44 bits per heavy atom. The number of benzene rings is 1. The number of nitrogens with zero attached hydrogens (tertiary/aromatic N) is 5. The molecule has 0 spiro atoms. The first-order valence-corrected chi connectivity index (χ1v) is 18.6. The van der Waals surface area contributed by atoms with Crippen LogP contribution in [0.4, 0.5) is 0 Å². The predicted octanol–water partition coefficient (Wildman–Crippen LogP) is 8.45. The van der Waals surface area contributed by atoms with E-state index in [0.29, 0.717) is 23.9 Å². The number of pyridine rings is 3. The standard InChI is InChI=1S/C35H42ClN5O3Si/c1-9-43-24(3)41-34-30(33(39-41)27-13-15-37-23(2)17-27)19-28(21-38-34)25-14-16-40(32(42)20-25)31(26-11-10-12-29(36)18-26)22-44-45(7,8)35(4,5)6/h10-21,24,31H,9,22H2,1-8H3. The summed E-state index contributed by atoms with van der Waals surface area (Å²) in [7, 11) is -2.08. The van der Waals surface area contributed by atoms with Crippen molar-refractivity contribution < 1.29 is 9.16 Å². The number of ether oxygens (including phenoxy) is 1. The molecule has 45 heavy (non-hydrogen) atoms. The fourth-order valence-corrected chi connectivity index (χ4v) is 6.34. The normalized spacial score (nSPS) is 13.7. The Hall–Kier alpha value is -3.63. The van der Waals surface area contributed by atoms with Crippen LogP contribution in [0.25, 0.3) is 33.4 Å². The zero-order chi connectivity index (χ0) is 32.5. The Bertz CT molecular complexity index is 1880. The number of halogens is 1. The van der Waals surface area contributed by atoms with Crippen molar-refractivity contribution in [1.29, 1.82) is 0 Å². The molecular weight excluding hydrogens is 602 g/mol. The summed E-state index contributed by atoms with van der Waals surface area (Å²) in [6.45, 7) is 17.9. The molecule has 0 radical (unpaired) electrons. The van der Waals surface area contributed by atoms with Crippen molar-refractivity contribution in [3.63, 3.8) is 0 Å². The molecule has 4 heterocycles. The fraction of sp³-hybridized carbons (Fsp3) is 0.371. The van der Waals surface area contributed by atoms with Gasteiger partial charge in [0.1, 0.15) is 11.9 Å². The summed E-state index contributed by atoms with van der Waals surface area (Å²) < 4.78 is 16.0. The highest BCUT2D eigenvalue weighted by atomic mass is 35.5. The number of aromatic nitrogens is 5. The second-order valence-electron chi connectivity index (χ2n) is 12.9. The average molecular weight is 644 g/mol. The molecule has 236 valence electrons. The Kier molecular flexibility index (Phi) is 9.46. The Morgan fingerprint density at radius 1 is 1.00 bits per heavy atom. The minimum absolute atomic E-state index is 0.0361. The highest BCUT2D eigenvalue weighted by Gasteiger charge is 2.38. The van der Waals surface area contributed by atoms with Crippen LogP contribution < -0.4 is 5.56 Å². The summed E-state index contributed by atoms with van der Waals surface area (Å²) in [5.41, 5.74) is 5.70. The van der Waals surface area contributed by atoms with Crippen LogP contribution in [0, 0.1) is 6.92 Å². The molecule has 0 saturated carbocycles. The van der Waals surface area contributed by atoms with Gasteiger partial charge in [-0.2, -0.15) is 5.10 Å². The maximum Gasteiger partial charge on any atom is 0.251 e. The summed E-state index contributed by atoms with van der Waals surface area (Å²) in [5.74, 6) is 0. The van der Waals surface area contributed by atoms with E-state index in [-0.39, 0.29) is 22.9 Å². The fourth-order valence-electron chi connectivity index (χ4n) is 5.13. The quantitative estimate of drug-likeness (QED) is 0.142. The number of aryl methyl sites for hydroxylation is 1. The van der Waals surface area contributed by atoms with E-state index in [1.807, 2.05) is 80.2 Å². The van der Waals surface area contributed by atoms with Gasteiger partial charge in [0.25, 0.3) is 5.56 Å². The lowest BCUT2D eigenvalue weighted by Crippen LogP contribution is -2.43. The molecule has 10 heteroatoms. The van der Waals surface area contributed by atoms with Crippen LogP contribution in [0.3, 0.4) is 0 Å². The minimum Gasteiger partial charge on any atom is -0.414 e. The van der Waals surface area contributed by atoms with Gasteiger partial charge in [-0.25, -0.2) is 9.67 Å². The van der Waals surface area contributed by atoms with E-state index < -0.39 is 8.32 Å². The predicted molar refractivity (Wildman–Crippen MR) is 184 cm³/mol. The van der Waals surface area contributed by atoms with Gasteiger partial charge in [0, 0.05) is 58.5 Å². The molecule has 4 aromatic heterocycles. The molecule has 5 aromatic rings. The zero-order valence-corrected chi connectivity index (χ0v) is 29.1. The first-order valence-electron chi connectivity index (χ1n) is 15.3. The number of hydrogen-bond donors (Lipinski definition) is 0. The lowest BCUT2D eigenvalue weighted by atomic mass is 10.0. The van der Waals surface area contributed by atoms with Crippen LogP contribution in [-0.2, 0) is 9.16 Å². The van der Waals surface area contributed by atoms with Crippen molar-refractivity contribution in [1.82, 2.24) is 24.3 Å². The first kappa shape index (κ1) is 32.8. The van der Waals surface area contributed by atoms with Crippen LogP contribution in [0.15, 0.2) is 78.0 Å². The summed E-state index contributed by atoms with van der Waals surface area (Å²) in [6.07, 6.45) is 5.11. The van der Waals surface area contributed by atoms with Gasteiger partial charge >= 0.3 is 0 Å². The molecule has 0 aliphatic heterocycles. The van der Waals surface area contributed by atoms with Gasteiger partial charge in [0.2, 0.25) is 0 Å². The summed E-state index contributed by atoms with van der Waals surface area (Å²) in [4.78, 5) is 23.0. The van der Waals surface area contributed by atoms with Gasteiger partial charge in [-0.3, -0.25) is 9.78 Å². The molecule has 0 bridgehead atoms. The first-order chi connectivity index (χ1) is 21.3. The van der Waals surface area contributed by atoms with Crippen LogP contribution in [0.2, 0.25) is 23.2 Å². The van der Waals surface area contributed by atoms with Crippen molar-refractivity contribution in [3.8, 4) is 22.4 Å². The summed E-state index contributed by atoms with van der Waals surface area (Å²) in [6, 6.07) is 16.9. The highest BCUT2D eigenvalue weighted by molar-refractivity contribution is 6.74. The molecule has 1 aromatic carbocycles. The second-order valence-corrected chi connectivity index (χ2v) is 18.2. The molecule has 0 N–H and O–H groups in total. The van der Waals surface area contributed by atoms with Crippen molar-refractivity contribution in [2.24, 2.45) is 0 Å². The molecule has 0 saturated heterocycles. The number of rotatable bonds is 10. The topological polar surface area (TPSA) is 84.1 Å². The van der Waals surface area contributed by atoms with E-state index in [1.165, 1.54) is 0 Å². The van der Waals surface area contributed by atoms with Crippen LogP contribution in [0.1, 0.15) is 58.1 Å². The van der Waals surface area contributed by atoms with Crippen LogP contribution in [-0.4, -0.2) is 45.8 Å². The van der Waals surface area contributed by atoms with Crippen molar-refractivity contribution in [2.45, 2.75) is 71.9 Å². The summed E-state index contributed by atoms with van der Waals surface area (Å²) in [5, 5.41) is 6.44. The van der Waals surface area contributed by atoms with E-state index in [1.54, 1.807) is 23.0 Å². The molecular formula is C35H42ClN5O3Si. The van der Waals surface area contributed by atoms with E-state index in [9.17, 15) is 4.79 Å². The SMILES string of the molecule is CCOC(C)n1nc(-c2ccnc(C)c2)c2cc(-c3ccn(C(CO[Si](C)(C)C(C)(C)C)c4cccc(Cl)c4)c(=O)c3)cnc21. The van der Waals surface area contributed by atoms with Crippen molar-refractivity contribution in [3.05, 3.63) is 99.8 Å². The molecule has 0 aliphatic rings. The van der Waals surface area contributed by atoms with Gasteiger partial charge in [-0.15, -0.1) is 0 Å². The maximum absolute atomic E-state index is 13.8. The third-order valence-electron chi connectivity index (χ3n) is 8.73. The Labute approximate surface area is 271 Å². The van der Waals surface area contributed by atoms with E-state index in [2.05, 4.69) is 38.8 Å². The third kappa shape index (κ3) is 6.96. The third-order valence-corrected chi connectivity index (χ3v) is 13.5. The number of fused-ring (bicyclic) bond motifs is 1. The molecule has 0 amide bonds. The van der Waals surface area contributed by atoms with Gasteiger partial charge < -0.3 is 13.7 Å². The lowest BCUT2D eigenvalue weighted by Gasteiger charge is -2.37. The van der Waals surface area contributed by atoms with Crippen molar-refractivity contribution in [2.75, 3.05) is 13.2 Å². The largest absolute Gasteiger partial charge is 0.414 e. The Balaban J connectivity index is 1.57. The average Bonchev–Trinajstić information content (AvgIpc) is 3.37. The monoisotopic (exact) mass is 643 g/mol. The van der Waals surface area contributed by atoms with E-state index in [4.69, 9.17) is 30.8 Å². The molecule has 0 fully saturated rings. The molecule has 5 rings (SSSR count). The lowest BCUT2D eigenvalue weighted by molar-refractivity contribution is 0.0189.